The van der Waals surface area contributed by atoms with Crippen molar-refractivity contribution in [1.29, 1.82) is 5.26 Å². The van der Waals surface area contributed by atoms with Crippen LogP contribution in [0.15, 0.2) is 29.6 Å². The quantitative estimate of drug-likeness (QED) is 0.423. The number of thioether (sulfide) groups is 1. The van der Waals surface area contributed by atoms with E-state index in [1.807, 2.05) is 25.7 Å². The molecule has 1 saturated heterocycles. The van der Waals surface area contributed by atoms with E-state index in [-0.39, 0.29) is 12.0 Å². The number of ether oxygens (including phenoxy) is 1. The molecular formula is C27H31N7O3S. The molecule has 1 atom stereocenters. The van der Waals surface area contributed by atoms with Crippen LogP contribution in [0.2, 0.25) is 0 Å². The van der Waals surface area contributed by atoms with Gasteiger partial charge in [0.1, 0.15) is 27.8 Å². The van der Waals surface area contributed by atoms with Crippen molar-refractivity contribution < 1.29 is 14.3 Å². The number of hydrogen-bond donors (Lipinski definition) is 1. The summed E-state index contributed by atoms with van der Waals surface area (Å²) in [6.45, 7) is 15.5. The average molecular weight is 534 g/mol. The van der Waals surface area contributed by atoms with Gasteiger partial charge >= 0.3 is 6.09 Å². The zero-order chi connectivity index (χ0) is 27.4. The third-order valence-corrected chi connectivity index (χ3v) is 7.57. The second-order valence-corrected chi connectivity index (χ2v) is 11.5. The first kappa shape index (κ1) is 27.2. The van der Waals surface area contributed by atoms with E-state index in [0.29, 0.717) is 65.8 Å². The summed E-state index contributed by atoms with van der Waals surface area (Å²) in [5.41, 5.74) is 7.24. The number of amides is 2. The van der Waals surface area contributed by atoms with Crippen LogP contribution in [0.25, 0.3) is 4.85 Å². The van der Waals surface area contributed by atoms with Crippen LogP contribution in [0.5, 0.6) is 0 Å². The van der Waals surface area contributed by atoms with Crippen molar-refractivity contribution in [1.82, 2.24) is 14.9 Å². The normalized spacial score (nSPS) is 16.7. The van der Waals surface area contributed by atoms with E-state index in [4.69, 9.17) is 22.0 Å². The van der Waals surface area contributed by atoms with Gasteiger partial charge in [0.2, 0.25) is 11.6 Å². The average Bonchev–Trinajstić information content (AvgIpc) is 3.73. The van der Waals surface area contributed by atoms with E-state index in [0.717, 1.165) is 24.6 Å². The topological polar surface area (TPSA) is 130 Å². The number of nitriles is 1. The molecule has 10 nitrogen and oxygen atoms in total. The summed E-state index contributed by atoms with van der Waals surface area (Å²) in [7, 11) is 0. The summed E-state index contributed by atoms with van der Waals surface area (Å²) in [6, 6.07) is 5.69. The largest absolute Gasteiger partial charge is 0.444 e. The number of aromatic nitrogens is 2. The van der Waals surface area contributed by atoms with Crippen LogP contribution in [-0.2, 0) is 9.53 Å². The number of nitrogens with two attached hydrogens (primary N) is 1. The number of carbonyl (C=O) groups is 2. The maximum absolute atomic E-state index is 12.7. The van der Waals surface area contributed by atoms with Crippen LogP contribution < -0.4 is 10.6 Å². The molecule has 0 bridgehead atoms. The Morgan fingerprint density at radius 3 is 2.53 bits per heavy atom. The van der Waals surface area contributed by atoms with Crippen molar-refractivity contribution in [2.24, 2.45) is 5.73 Å². The minimum atomic E-state index is -0.775. The molecule has 38 heavy (non-hydrogen) atoms. The highest BCUT2D eigenvalue weighted by molar-refractivity contribution is 8.00. The van der Waals surface area contributed by atoms with Gasteiger partial charge in [-0.3, -0.25) is 9.78 Å². The fourth-order valence-electron chi connectivity index (χ4n) is 4.43. The summed E-state index contributed by atoms with van der Waals surface area (Å²) in [5, 5.41) is 9.75. The lowest BCUT2D eigenvalue weighted by Crippen LogP contribution is -2.39. The number of nitrogens with zero attached hydrogens (tertiary/aromatic N) is 6. The maximum atomic E-state index is 12.7. The van der Waals surface area contributed by atoms with E-state index >= 15 is 0 Å². The SMILES string of the molecule is [C-]#[N+]c1c(N2CCCN(C(=O)OC(C)(C)C)CC2)nc(SC(C(N)=O)c2ccncc2)c(C#N)c1C1CC1. The third kappa shape index (κ3) is 6.17. The van der Waals surface area contributed by atoms with Crippen LogP contribution in [0.3, 0.4) is 0 Å². The molecule has 1 saturated carbocycles. The Morgan fingerprint density at radius 2 is 1.95 bits per heavy atom. The first-order chi connectivity index (χ1) is 18.1. The van der Waals surface area contributed by atoms with E-state index in [9.17, 15) is 14.9 Å². The second kappa shape index (κ2) is 11.3. The zero-order valence-electron chi connectivity index (χ0n) is 21.8. The summed E-state index contributed by atoms with van der Waals surface area (Å²) >= 11 is 1.12. The van der Waals surface area contributed by atoms with Crippen molar-refractivity contribution in [3.8, 4) is 6.07 Å². The molecule has 0 radical (unpaired) electrons. The molecular weight excluding hydrogens is 502 g/mol. The summed E-state index contributed by atoms with van der Waals surface area (Å²) in [5.74, 6) is 0.0267. The van der Waals surface area contributed by atoms with Gasteiger partial charge in [-0.05, 0) is 69.2 Å². The minimum absolute atomic E-state index is 0.105. The molecule has 1 aliphatic heterocycles. The molecule has 4 rings (SSSR count). The van der Waals surface area contributed by atoms with Crippen LogP contribution in [0.1, 0.15) is 67.9 Å². The van der Waals surface area contributed by atoms with Crippen molar-refractivity contribution in [3.05, 3.63) is 52.6 Å². The third-order valence-electron chi connectivity index (χ3n) is 6.31. The number of hydrogen-bond acceptors (Lipinski definition) is 8. The van der Waals surface area contributed by atoms with Gasteiger partial charge in [0.15, 0.2) is 0 Å². The van der Waals surface area contributed by atoms with Crippen molar-refractivity contribution >= 4 is 35.3 Å². The van der Waals surface area contributed by atoms with Crippen LogP contribution in [0, 0.1) is 17.9 Å². The zero-order valence-corrected chi connectivity index (χ0v) is 22.6. The first-order valence-electron chi connectivity index (χ1n) is 12.6. The van der Waals surface area contributed by atoms with Gasteiger partial charge < -0.3 is 20.3 Å². The molecule has 1 aliphatic carbocycles. The van der Waals surface area contributed by atoms with E-state index in [1.165, 1.54) is 0 Å². The molecule has 2 N–H and O–H groups in total. The number of anilines is 1. The molecule has 198 valence electrons. The van der Waals surface area contributed by atoms with E-state index in [2.05, 4.69) is 15.9 Å². The van der Waals surface area contributed by atoms with Crippen LogP contribution in [0.4, 0.5) is 16.3 Å². The van der Waals surface area contributed by atoms with Gasteiger partial charge in [0.05, 0.1) is 12.1 Å². The lowest BCUT2D eigenvalue weighted by molar-refractivity contribution is -0.117. The highest BCUT2D eigenvalue weighted by Gasteiger charge is 2.36. The monoisotopic (exact) mass is 533 g/mol. The summed E-state index contributed by atoms with van der Waals surface area (Å²) in [6.07, 6.45) is 5.25. The predicted molar refractivity (Wildman–Crippen MR) is 144 cm³/mol. The molecule has 0 aromatic carbocycles. The molecule has 2 aromatic rings. The lowest BCUT2D eigenvalue weighted by Gasteiger charge is -2.27. The Kier molecular flexibility index (Phi) is 8.08. The van der Waals surface area contributed by atoms with Gasteiger partial charge in [-0.25, -0.2) is 14.6 Å². The molecule has 1 unspecified atom stereocenters. The number of pyridine rings is 2. The molecule has 2 aromatic heterocycles. The Bertz CT molecular complexity index is 1290. The highest BCUT2D eigenvalue weighted by atomic mass is 32.2. The maximum Gasteiger partial charge on any atom is 0.410 e. The molecule has 3 heterocycles. The molecule has 0 spiro atoms. The predicted octanol–water partition coefficient (Wildman–Crippen LogP) is 4.54. The second-order valence-electron chi connectivity index (χ2n) is 10.4. The Morgan fingerprint density at radius 1 is 1.24 bits per heavy atom. The highest BCUT2D eigenvalue weighted by Crippen LogP contribution is 2.51. The van der Waals surface area contributed by atoms with E-state index in [1.54, 1.807) is 29.4 Å². The van der Waals surface area contributed by atoms with Crippen molar-refractivity contribution in [2.75, 3.05) is 31.1 Å². The van der Waals surface area contributed by atoms with Crippen LogP contribution in [-0.4, -0.2) is 58.6 Å². The van der Waals surface area contributed by atoms with Gasteiger partial charge in [0, 0.05) is 38.6 Å². The Balaban J connectivity index is 1.71. The van der Waals surface area contributed by atoms with Crippen molar-refractivity contribution in [2.45, 2.75) is 61.8 Å². The van der Waals surface area contributed by atoms with E-state index < -0.39 is 16.8 Å². The Hall–Kier alpha value is -3.83. The molecule has 11 heteroatoms. The molecule has 2 aliphatic rings. The van der Waals surface area contributed by atoms with Gasteiger partial charge in [-0.1, -0.05) is 11.8 Å². The van der Waals surface area contributed by atoms with Gasteiger partial charge in [0.25, 0.3) is 0 Å². The minimum Gasteiger partial charge on any atom is -0.444 e. The van der Waals surface area contributed by atoms with Crippen LogP contribution >= 0.6 is 11.8 Å². The first-order valence-corrected chi connectivity index (χ1v) is 13.4. The molecule has 2 amide bonds. The molecule has 2 fully saturated rings. The standard InChI is InChI=1S/C27H31N7O3S/c1-27(2,3)37-26(36)34-13-5-12-33(14-15-34)24-21(30-4)20(17-6-7-17)19(16-28)25(32-24)38-22(23(29)35)18-8-10-31-11-9-18/h8-11,17,22H,5-7,12-15H2,1-3H3,(H2,29,35). The van der Waals surface area contributed by atoms with Gasteiger partial charge in [-0.2, -0.15) is 5.26 Å². The summed E-state index contributed by atoms with van der Waals surface area (Å²) in [4.78, 5) is 41.5. The fraction of sp³-hybridized carbons (Fsp3) is 0.481. The Labute approximate surface area is 227 Å². The van der Waals surface area contributed by atoms with Crippen molar-refractivity contribution in [3.63, 3.8) is 0 Å². The fourth-order valence-corrected chi connectivity index (χ4v) is 5.48. The summed E-state index contributed by atoms with van der Waals surface area (Å²) < 4.78 is 5.55. The smallest absolute Gasteiger partial charge is 0.410 e. The number of primary amides is 1. The number of carbonyl (C=O) groups excluding carboxylic acids is 2. The number of rotatable bonds is 6. The van der Waals surface area contributed by atoms with Gasteiger partial charge in [-0.15, -0.1) is 0 Å². The lowest BCUT2D eigenvalue weighted by atomic mass is 10.0.